The highest BCUT2D eigenvalue weighted by atomic mass is 32.2. The Kier molecular flexibility index (Phi) is 6.26. The van der Waals surface area contributed by atoms with Crippen LogP contribution in [0.15, 0.2) is 48.9 Å². The van der Waals surface area contributed by atoms with Gasteiger partial charge in [0.15, 0.2) is 5.82 Å². The third-order valence-corrected chi connectivity index (χ3v) is 5.20. The van der Waals surface area contributed by atoms with Crippen molar-refractivity contribution in [1.29, 1.82) is 5.41 Å². The Labute approximate surface area is 173 Å². The Morgan fingerprint density at radius 3 is 2.53 bits per heavy atom. The zero-order chi connectivity index (χ0) is 21.8. The molecule has 0 aliphatic carbocycles. The van der Waals surface area contributed by atoms with Gasteiger partial charge in [0.25, 0.3) is 0 Å². The van der Waals surface area contributed by atoms with Crippen LogP contribution in [0.3, 0.4) is 0 Å². The Morgan fingerprint density at radius 2 is 1.87 bits per heavy atom. The van der Waals surface area contributed by atoms with Gasteiger partial charge in [-0.1, -0.05) is 6.92 Å². The lowest BCUT2D eigenvalue weighted by atomic mass is 9.98. The molecule has 0 fully saturated rings. The van der Waals surface area contributed by atoms with Crippen molar-refractivity contribution in [2.75, 3.05) is 16.2 Å². The second-order valence-corrected chi connectivity index (χ2v) is 7.59. The van der Waals surface area contributed by atoms with E-state index in [2.05, 4.69) is 14.7 Å². The average molecular weight is 429 g/mol. The number of Topliss-reactive ketones (excluding diaryl/α,β-unsaturated/α-hetero) is 1. The molecule has 0 spiro atoms. The molecule has 1 atom stereocenters. The van der Waals surface area contributed by atoms with E-state index in [4.69, 9.17) is 11.1 Å². The number of carbonyl (C=O) groups excluding carboxylic acids is 1. The summed E-state index contributed by atoms with van der Waals surface area (Å²) in [6, 6.07) is 6.72. The smallest absolute Gasteiger partial charge is 0.214 e. The van der Waals surface area contributed by atoms with Gasteiger partial charge in [0.1, 0.15) is 34.0 Å². The predicted molar refractivity (Wildman–Crippen MR) is 112 cm³/mol. The van der Waals surface area contributed by atoms with Crippen LogP contribution in [-0.4, -0.2) is 31.4 Å². The van der Waals surface area contributed by atoms with Crippen LogP contribution in [-0.2, 0) is 11.0 Å². The van der Waals surface area contributed by atoms with Crippen LogP contribution in [0.2, 0.25) is 0 Å². The van der Waals surface area contributed by atoms with Gasteiger partial charge in [-0.2, -0.15) is 0 Å². The molecule has 1 aromatic carbocycles. The molecule has 7 nitrogen and oxygen atoms in total. The van der Waals surface area contributed by atoms with Gasteiger partial charge in [0.2, 0.25) is 5.78 Å². The summed E-state index contributed by atoms with van der Waals surface area (Å²) >= 11 is 0. The maximum atomic E-state index is 14.8. The van der Waals surface area contributed by atoms with E-state index in [1.807, 2.05) is 0 Å². The van der Waals surface area contributed by atoms with Gasteiger partial charge in [0.05, 0.1) is 5.56 Å². The number of nitrogen functional groups attached to an aromatic ring is 1. The van der Waals surface area contributed by atoms with Crippen LogP contribution < -0.4 is 10.5 Å². The molecule has 10 heteroatoms. The highest BCUT2D eigenvalue weighted by Gasteiger charge is 2.25. The number of nitrogens with two attached hydrogens (primary N) is 1. The lowest BCUT2D eigenvalue weighted by Gasteiger charge is -2.12. The lowest BCUT2D eigenvalue weighted by Crippen LogP contribution is -2.20. The molecule has 0 amide bonds. The maximum absolute atomic E-state index is 14.8. The molecule has 2 heterocycles. The fraction of sp³-hybridized carbons (Fsp3) is 0.100. The molecule has 0 saturated carbocycles. The van der Waals surface area contributed by atoms with E-state index in [9.17, 15) is 17.8 Å². The number of carbonyl (C=O) groups is 1. The van der Waals surface area contributed by atoms with E-state index in [-0.39, 0.29) is 17.1 Å². The fourth-order valence-electron chi connectivity index (χ4n) is 2.64. The zero-order valence-electron chi connectivity index (χ0n) is 15.8. The molecule has 3 rings (SSSR count). The van der Waals surface area contributed by atoms with Crippen LogP contribution in [0.1, 0.15) is 22.8 Å². The summed E-state index contributed by atoms with van der Waals surface area (Å²) in [5, 5.41) is 8.25. The molecular weight excluding hydrogens is 412 g/mol. The number of halogens is 2. The molecule has 0 saturated heterocycles. The normalized spacial score (nSPS) is 11.7. The van der Waals surface area contributed by atoms with Gasteiger partial charge < -0.3 is 5.73 Å². The van der Waals surface area contributed by atoms with E-state index >= 15 is 0 Å². The monoisotopic (exact) mass is 429 g/mol. The summed E-state index contributed by atoms with van der Waals surface area (Å²) in [5.41, 5.74) is 5.31. The Morgan fingerprint density at radius 1 is 1.17 bits per heavy atom. The molecular formula is C20H17F2N5O2S. The Hall–Kier alpha value is -3.53. The van der Waals surface area contributed by atoms with Gasteiger partial charge >= 0.3 is 0 Å². The van der Waals surface area contributed by atoms with Gasteiger partial charge in [-0.3, -0.25) is 19.9 Å². The number of hydrogen-bond acceptors (Lipinski definition) is 6. The molecule has 0 radical (unpaired) electrons. The van der Waals surface area contributed by atoms with Crippen LogP contribution >= 0.6 is 0 Å². The number of benzene rings is 1. The number of hydrogen-bond donors (Lipinski definition) is 3. The lowest BCUT2D eigenvalue weighted by molar-refractivity contribution is 0.106. The van der Waals surface area contributed by atoms with Gasteiger partial charge in [-0.25, -0.2) is 18.0 Å². The number of anilines is 2. The predicted octanol–water partition coefficient (Wildman–Crippen LogP) is 3.35. The molecule has 0 aliphatic heterocycles. The van der Waals surface area contributed by atoms with Gasteiger partial charge in [-0.05, 0) is 35.9 Å². The number of nitrogens with one attached hydrogen (secondary N) is 2. The summed E-state index contributed by atoms with van der Waals surface area (Å²) in [4.78, 5) is 20.7. The Balaban J connectivity index is 2.00. The SMILES string of the molecule is CCS(=O)Nc1c(F)ccc(C(=O)C(=N)c2cc(-c3ccncc3)cnc2N)c1F. The fourth-order valence-corrected chi connectivity index (χ4v) is 3.20. The molecule has 3 aromatic rings. The molecule has 2 aromatic heterocycles. The first-order chi connectivity index (χ1) is 14.3. The molecule has 0 bridgehead atoms. The van der Waals surface area contributed by atoms with Crippen molar-refractivity contribution < 1.29 is 17.8 Å². The van der Waals surface area contributed by atoms with Crippen molar-refractivity contribution in [1.82, 2.24) is 9.97 Å². The number of rotatable bonds is 7. The number of aromatic nitrogens is 2. The van der Waals surface area contributed by atoms with E-state index in [1.165, 1.54) is 12.3 Å². The summed E-state index contributed by atoms with van der Waals surface area (Å²) in [5.74, 6) is -3.23. The van der Waals surface area contributed by atoms with Crippen LogP contribution in [0.4, 0.5) is 20.3 Å². The quantitative estimate of drug-likeness (QED) is 0.393. The van der Waals surface area contributed by atoms with Crippen molar-refractivity contribution in [2.24, 2.45) is 0 Å². The zero-order valence-corrected chi connectivity index (χ0v) is 16.6. The van der Waals surface area contributed by atoms with Gasteiger partial charge in [0, 0.05) is 35.5 Å². The van der Waals surface area contributed by atoms with Crippen molar-refractivity contribution in [2.45, 2.75) is 6.92 Å². The summed E-state index contributed by atoms with van der Waals surface area (Å²) in [6.07, 6.45) is 4.63. The summed E-state index contributed by atoms with van der Waals surface area (Å²) < 4.78 is 42.6. The topological polar surface area (TPSA) is 122 Å². The van der Waals surface area contributed by atoms with Crippen molar-refractivity contribution >= 4 is 34.0 Å². The van der Waals surface area contributed by atoms with E-state index in [1.54, 1.807) is 31.5 Å². The largest absolute Gasteiger partial charge is 0.383 e. The second kappa shape index (κ2) is 8.87. The molecule has 1 unspecified atom stereocenters. The molecule has 4 N–H and O–H groups in total. The molecule has 154 valence electrons. The van der Waals surface area contributed by atoms with Crippen LogP contribution in [0.5, 0.6) is 0 Å². The second-order valence-electron chi connectivity index (χ2n) is 6.12. The van der Waals surface area contributed by atoms with E-state index in [0.717, 1.165) is 17.7 Å². The van der Waals surface area contributed by atoms with Gasteiger partial charge in [-0.15, -0.1) is 0 Å². The first kappa shape index (κ1) is 21.2. The van der Waals surface area contributed by atoms with Crippen molar-refractivity contribution in [3.63, 3.8) is 0 Å². The highest BCUT2D eigenvalue weighted by Crippen LogP contribution is 2.26. The summed E-state index contributed by atoms with van der Waals surface area (Å²) in [6.45, 7) is 1.56. The Bertz CT molecular complexity index is 1160. The van der Waals surface area contributed by atoms with Crippen LogP contribution in [0, 0.1) is 17.0 Å². The minimum absolute atomic E-state index is 0.00433. The standard InChI is InChI=1S/C20H17F2N5O2S/c1-2-30(29)27-18-15(21)4-3-13(16(18)22)19(28)17(23)14-9-12(10-26-20(14)24)11-5-7-25-8-6-11/h3-10,23,27H,2H2,1H3,(H2,24,26). The number of pyridine rings is 2. The first-order valence-corrected chi connectivity index (χ1v) is 10.1. The van der Waals surface area contributed by atoms with Crippen LogP contribution in [0.25, 0.3) is 11.1 Å². The third kappa shape index (κ3) is 4.23. The minimum Gasteiger partial charge on any atom is -0.383 e. The van der Waals surface area contributed by atoms with E-state index in [0.29, 0.717) is 5.56 Å². The van der Waals surface area contributed by atoms with E-state index < -0.39 is 45.4 Å². The van der Waals surface area contributed by atoms with Crippen molar-refractivity contribution in [3.05, 3.63) is 71.7 Å². The first-order valence-electron chi connectivity index (χ1n) is 8.76. The molecule has 0 aliphatic rings. The molecule has 30 heavy (non-hydrogen) atoms. The van der Waals surface area contributed by atoms with Crippen molar-refractivity contribution in [3.8, 4) is 11.1 Å². The minimum atomic E-state index is -1.72. The number of nitrogens with zero attached hydrogens (tertiary/aromatic N) is 2. The number of ketones is 1. The summed E-state index contributed by atoms with van der Waals surface area (Å²) in [7, 11) is -1.72. The average Bonchev–Trinajstić information content (AvgIpc) is 2.76. The third-order valence-electron chi connectivity index (χ3n) is 4.24. The maximum Gasteiger partial charge on any atom is 0.214 e. The highest BCUT2D eigenvalue weighted by molar-refractivity contribution is 7.86.